The number of hydrogen-bond donors (Lipinski definition) is 1. The molecule has 1 aliphatic heterocycles. The minimum atomic E-state index is -0.292. The maximum atomic E-state index is 12.6. The number of nitrogens with two attached hydrogens (primary N) is 1. The van der Waals surface area contributed by atoms with Gasteiger partial charge in [0.05, 0.1) is 5.92 Å². The molecule has 5 nitrogen and oxygen atoms in total. The number of hydrogen-bond acceptors (Lipinski definition) is 3. The Labute approximate surface area is 145 Å². The molecule has 1 aliphatic rings. The molecule has 0 saturated carbocycles. The van der Waals surface area contributed by atoms with E-state index in [2.05, 4.69) is 15.9 Å². The van der Waals surface area contributed by atoms with Gasteiger partial charge in [0.2, 0.25) is 11.8 Å². The maximum Gasteiger partial charge on any atom is 0.227 e. The van der Waals surface area contributed by atoms with E-state index in [1.165, 1.54) is 0 Å². The first-order valence-corrected chi connectivity index (χ1v) is 8.54. The summed E-state index contributed by atoms with van der Waals surface area (Å²) in [6.45, 7) is 5.60. The third-order valence-corrected chi connectivity index (χ3v) is 4.68. The molecule has 2 amide bonds. The van der Waals surface area contributed by atoms with E-state index in [4.69, 9.17) is 5.73 Å². The molecule has 1 atom stereocenters. The molecule has 1 fully saturated rings. The summed E-state index contributed by atoms with van der Waals surface area (Å²) in [4.78, 5) is 28.3. The molecule has 0 bridgehead atoms. The third kappa shape index (κ3) is 4.32. The Morgan fingerprint density at radius 2 is 2.17 bits per heavy atom. The molecule has 6 heteroatoms. The normalized spacial score (nSPS) is 18.4. The van der Waals surface area contributed by atoms with E-state index in [9.17, 15) is 9.59 Å². The van der Waals surface area contributed by atoms with Crippen LogP contribution in [0.5, 0.6) is 0 Å². The van der Waals surface area contributed by atoms with Gasteiger partial charge in [-0.25, -0.2) is 0 Å². The van der Waals surface area contributed by atoms with Crippen molar-refractivity contribution < 1.29 is 9.59 Å². The van der Waals surface area contributed by atoms with Gasteiger partial charge in [-0.05, 0) is 30.2 Å². The Morgan fingerprint density at radius 3 is 2.78 bits per heavy atom. The van der Waals surface area contributed by atoms with Crippen LogP contribution in [-0.4, -0.2) is 43.4 Å². The average molecular weight is 382 g/mol. The molecular formula is C17H24BrN3O2. The van der Waals surface area contributed by atoms with Crippen LogP contribution >= 0.6 is 15.9 Å². The lowest BCUT2D eigenvalue weighted by Gasteiger charge is -2.30. The predicted octanol–water partition coefficient (Wildman–Crippen LogP) is 2.25. The first-order chi connectivity index (χ1) is 10.7. The zero-order valence-electron chi connectivity index (χ0n) is 13.9. The van der Waals surface area contributed by atoms with E-state index in [0.717, 1.165) is 10.2 Å². The van der Waals surface area contributed by atoms with Crippen LogP contribution in [-0.2, 0) is 9.59 Å². The van der Waals surface area contributed by atoms with Gasteiger partial charge in [-0.1, -0.05) is 35.8 Å². The zero-order chi connectivity index (χ0) is 17.2. The predicted molar refractivity (Wildman–Crippen MR) is 95.1 cm³/mol. The summed E-state index contributed by atoms with van der Waals surface area (Å²) in [7, 11) is 1.78. The monoisotopic (exact) mass is 381 g/mol. The van der Waals surface area contributed by atoms with Crippen LogP contribution in [0.3, 0.4) is 0 Å². The van der Waals surface area contributed by atoms with Crippen LogP contribution in [0.4, 0.5) is 5.69 Å². The molecular weight excluding hydrogens is 358 g/mol. The quantitative estimate of drug-likeness (QED) is 0.850. The number of carbonyl (C=O) groups is 2. The van der Waals surface area contributed by atoms with Gasteiger partial charge in [0, 0.05) is 36.7 Å². The molecule has 1 heterocycles. The van der Waals surface area contributed by atoms with Gasteiger partial charge in [-0.15, -0.1) is 0 Å². The van der Waals surface area contributed by atoms with Crippen LogP contribution in [0.1, 0.15) is 20.3 Å². The van der Waals surface area contributed by atoms with Crippen LogP contribution in [0.2, 0.25) is 0 Å². The number of benzene rings is 1. The fraction of sp³-hybridized carbons (Fsp3) is 0.529. The van der Waals surface area contributed by atoms with E-state index < -0.39 is 0 Å². The van der Waals surface area contributed by atoms with Crippen molar-refractivity contribution in [3.05, 3.63) is 28.7 Å². The summed E-state index contributed by atoms with van der Waals surface area (Å²) in [6, 6.07) is 7.58. The molecule has 0 radical (unpaired) electrons. The van der Waals surface area contributed by atoms with Crippen molar-refractivity contribution in [2.45, 2.75) is 20.3 Å². The highest BCUT2D eigenvalue weighted by molar-refractivity contribution is 9.10. The van der Waals surface area contributed by atoms with Crippen molar-refractivity contribution >= 4 is 33.4 Å². The van der Waals surface area contributed by atoms with Gasteiger partial charge >= 0.3 is 0 Å². The molecule has 126 valence electrons. The summed E-state index contributed by atoms with van der Waals surface area (Å²) in [5.41, 5.74) is 6.43. The molecule has 23 heavy (non-hydrogen) atoms. The van der Waals surface area contributed by atoms with Crippen molar-refractivity contribution in [1.29, 1.82) is 0 Å². The number of nitrogens with zero attached hydrogens (tertiary/aromatic N) is 2. The number of halogens is 1. The fourth-order valence-corrected chi connectivity index (χ4v) is 3.25. The number of rotatable bonds is 5. The molecule has 1 saturated heterocycles. The van der Waals surface area contributed by atoms with Crippen molar-refractivity contribution in [2.75, 3.05) is 31.6 Å². The lowest BCUT2D eigenvalue weighted by Crippen LogP contribution is -2.42. The summed E-state index contributed by atoms with van der Waals surface area (Å²) in [6.07, 6.45) is 0.263. The van der Waals surface area contributed by atoms with Crippen molar-refractivity contribution in [2.24, 2.45) is 17.1 Å². The molecule has 0 spiro atoms. The smallest absolute Gasteiger partial charge is 0.227 e. The summed E-state index contributed by atoms with van der Waals surface area (Å²) >= 11 is 3.41. The Bertz CT molecular complexity index is 603. The van der Waals surface area contributed by atoms with Crippen LogP contribution < -0.4 is 10.6 Å². The molecule has 2 rings (SSSR count). The molecule has 0 aromatic heterocycles. The van der Waals surface area contributed by atoms with E-state index in [-0.39, 0.29) is 29.6 Å². The Morgan fingerprint density at radius 1 is 1.48 bits per heavy atom. The standard InChI is InChI=1S/C17H24BrN3O2/c1-17(2,10-19)11-20(3)16(23)12-7-15(22)21(9-12)14-6-4-5-13(18)8-14/h4-6,8,12H,7,9-11,19H2,1-3H3. The summed E-state index contributed by atoms with van der Waals surface area (Å²) in [5, 5.41) is 0. The van der Waals surface area contributed by atoms with Gasteiger partial charge < -0.3 is 15.5 Å². The van der Waals surface area contributed by atoms with Gasteiger partial charge in [0.1, 0.15) is 0 Å². The summed E-state index contributed by atoms with van der Waals surface area (Å²) in [5.74, 6) is -0.287. The van der Waals surface area contributed by atoms with Crippen LogP contribution in [0, 0.1) is 11.3 Å². The van der Waals surface area contributed by atoms with E-state index >= 15 is 0 Å². The second kappa shape index (κ2) is 7.01. The highest BCUT2D eigenvalue weighted by atomic mass is 79.9. The van der Waals surface area contributed by atoms with E-state index in [1.54, 1.807) is 16.8 Å². The molecule has 1 unspecified atom stereocenters. The highest BCUT2D eigenvalue weighted by Crippen LogP contribution is 2.28. The van der Waals surface area contributed by atoms with Gasteiger partial charge in [0.15, 0.2) is 0 Å². The Hall–Kier alpha value is -1.40. The first kappa shape index (κ1) is 17.9. The zero-order valence-corrected chi connectivity index (χ0v) is 15.5. The van der Waals surface area contributed by atoms with Crippen molar-refractivity contribution in [1.82, 2.24) is 4.90 Å². The average Bonchev–Trinajstić information content (AvgIpc) is 2.88. The minimum Gasteiger partial charge on any atom is -0.345 e. The molecule has 1 aromatic carbocycles. The van der Waals surface area contributed by atoms with Crippen molar-refractivity contribution in [3.63, 3.8) is 0 Å². The molecule has 2 N–H and O–H groups in total. The number of anilines is 1. The topological polar surface area (TPSA) is 66.6 Å². The van der Waals surface area contributed by atoms with Gasteiger partial charge in [-0.3, -0.25) is 9.59 Å². The Kier molecular flexibility index (Phi) is 5.47. The molecule has 0 aliphatic carbocycles. The summed E-state index contributed by atoms with van der Waals surface area (Å²) < 4.78 is 0.916. The third-order valence-electron chi connectivity index (χ3n) is 4.19. The second-order valence-corrected chi connectivity index (χ2v) is 7.86. The SMILES string of the molecule is CN(CC(C)(C)CN)C(=O)C1CC(=O)N(c2cccc(Br)c2)C1. The largest absolute Gasteiger partial charge is 0.345 e. The lowest BCUT2D eigenvalue weighted by atomic mass is 9.92. The van der Waals surface area contributed by atoms with Crippen LogP contribution in [0.25, 0.3) is 0 Å². The molecule has 1 aromatic rings. The Balaban J connectivity index is 2.06. The minimum absolute atomic E-state index is 0.00654. The second-order valence-electron chi connectivity index (χ2n) is 6.95. The van der Waals surface area contributed by atoms with E-state index in [1.807, 2.05) is 38.1 Å². The van der Waals surface area contributed by atoms with E-state index in [0.29, 0.717) is 19.6 Å². The first-order valence-electron chi connectivity index (χ1n) is 7.74. The van der Waals surface area contributed by atoms with Gasteiger partial charge in [0.25, 0.3) is 0 Å². The number of carbonyl (C=O) groups excluding carboxylic acids is 2. The maximum absolute atomic E-state index is 12.6. The van der Waals surface area contributed by atoms with Gasteiger partial charge in [-0.2, -0.15) is 0 Å². The fourth-order valence-electron chi connectivity index (χ4n) is 2.86. The van der Waals surface area contributed by atoms with Crippen molar-refractivity contribution in [3.8, 4) is 0 Å². The van der Waals surface area contributed by atoms with Crippen LogP contribution in [0.15, 0.2) is 28.7 Å². The lowest BCUT2D eigenvalue weighted by molar-refractivity contribution is -0.135. The highest BCUT2D eigenvalue weighted by Gasteiger charge is 2.37. The number of amides is 2.